The minimum Gasteiger partial charge on any atom is -0.298 e. The van der Waals surface area contributed by atoms with Crippen LogP contribution in [0.4, 0.5) is 0 Å². The van der Waals surface area contributed by atoms with E-state index in [0.717, 1.165) is 12.0 Å². The van der Waals surface area contributed by atoms with E-state index in [1.807, 2.05) is 18.2 Å². The summed E-state index contributed by atoms with van der Waals surface area (Å²) in [5, 5.41) is 2.62. The summed E-state index contributed by atoms with van der Waals surface area (Å²) in [5.41, 5.74) is 9.90. The first-order valence-electron chi connectivity index (χ1n) is 10.4. The summed E-state index contributed by atoms with van der Waals surface area (Å²) < 4.78 is 0. The van der Waals surface area contributed by atoms with Crippen molar-refractivity contribution < 1.29 is 4.79 Å². The van der Waals surface area contributed by atoms with Crippen LogP contribution in [0.5, 0.6) is 0 Å². The lowest BCUT2D eigenvalue weighted by Crippen LogP contribution is -2.31. The highest BCUT2D eigenvalue weighted by Gasteiger charge is 2.42. The van der Waals surface area contributed by atoms with Crippen LogP contribution in [0.3, 0.4) is 0 Å². The fraction of sp³-hybridized carbons (Fsp3) is 0.179. The van der Waals surface area contributed by atoms with Crippen molar-refractivity contribution in [1.29, 1.82) is 0 Å². The topological polar surface area (TPSA) is 17.1 Å². The van der Waals surface area contributed by atoms with Gasteiger partial charge in [0.2, 0.25) is 0 Å². The van der Waals surface area contributed by atoms with Crippen molar-refractivity contribution in [2.45, 2.75) is 32.1 Å². The predicted octanol–water partition coefficient (Wildman–Crippen LogP) is 6.21. The fourth-order valence-electron chi connectivity index (χ4n) is 5.73. The van der Waals surface area contributed by atoms with Gasteiger partial charge in [-0.15, -0.1) is 0 Å². The predicted molar refractivity (Wildman–Crippen MR) is 118 cm³/mol. The molecule has 29 heavy (non-hydrogen) atoms. The number of Topliss-reactive ketones (excluding diaryl/α,β-unsaturated/α-hetero) is 1. The van der Waals surface area contributed by atoms with Crippen molar-refractivity contribution in [1.82, 2.24) is 0 Å². The van der Waals surface area contributed by atoms with Crippen molar-refractivity contribution in [3.63, 3.8) is 0 Å². The molecule has 0 aromatic heterocycles. The van der Waals surface area contributed by atoms with Gasteiger partial charge >= 0.3 is 0 Å². The lowest BCUT2D eigenvalue weighted by atomic mass is 9.64. The minimum atomic E-state index is -0.210. The van der Waals surface area contributed by atoms with Crippen molar-refractivity contribution in [2.75, 3.05) is 0 Å². The van der Waals surface area contributed by atoms with E-state index < -0.39 is 0 Å². The van der Waals surface area contributed by atoms with E-state index >= 15 is 0 Å². The molecule has 140 valence electrons. The highest BCUT2D eigenvalue weighted by Crippen LogP contribution is 2.51. The number of hydrogen-bond acceptors (Lipinski definition) is 1. The highest BCUT2D eigenvalue weighted by molar-refractivity contribution is 6.10. The number of benzene rings is 4. The fourth-order valence-corrected chi connectivity index (χ4v) is 5.73. The van der Waals surface area contributed by atoms with Gasteiger partial charge in [-0.1, -0.05) is 72.8 Å². The van der Waals surface area contributed by atoms with Crippen LogP contribution in [0, 0.1) is 13.8 Å². The van der Waals surface area contributed by atoms with Gasteiger partial charge in [0.1, 0.15) is 0 Å². The largest absolute Gasteiger partial charge is 0.298 e. The van der Waals surface area contributed by atoms with E-state index in [2.05, 4.69) is 68.4 Å². The molecule has 0 radical (unpaired) electrons. The third kappa shape index (κ3) is 2.19. The van der Waals surface area contributed by atoms with Crippen molar-refractivity contribution in [3.8, 4) is 0 Å². The van der Waals surface area contributed by atoms with E-state index in [0.29, 0.717) is 5.78 Å². The first-order chi connectivity index (χ1) is 14.1. The van der Waals surface area contributed by atoms with Gasteiger partial charge in [0.05, 0.1) is 11.8 Å². The number of ketones is 1. The van der Waals surface area contributed by atoms with Gasteiger partial charge in [0.15, 0.2) is 5.78 Å². The Hall–Kier alpha value is -3.19. The van der Waals surface area contributed by atoms with Crippen LogP contribution in [0.15, 0.2) is 72.8 Å². The molecule has 0 bridgehead atoms. The van der Waals surface area contributed by atoms with Crippen LogP contribution < -0.4 is 0 Å². The number of aryl methyl sites for hydroxylation is 2. The lowest BCUT2D eigenvalue weighted by molar-refractivity contribution is -0.120. The number of fused-ring (bicyclic) bond motifs is 2. The number of hydrogen-bond donors (Lipinski definition) is 0. The number of rotatable bonds is 1. The molecule has 0 saturated heterocycles. The van der Waals surface area contributed by atoms with Crippen LogP contribution in [0.2, 0.25) is 0 Å². The molecule has 2 aliphatic carbocycles. The SMILES string of the molecule is Cc1cc(C)c2ccc3c4c2c1C(c1ccccc1)C(=O)C4c1ccccc1C3. The van der Waals surface area contributed by atoms with E-state index in [1.165, 1.54) is 49.7 Å². The lowest BCUT2D eigenvalue weighted by Gasteiger charge is -2.38. The quantitative estimate of drug-likeness (QED) is 0.387. The standard InChI is InChI=1S/C28H22O/c1-16-14-17(2)23-25(18-8-4-3-5-9-18)28(29)27-22-11-7-6-10-19(22)15-20-12-13-21(16)26(23)24(20)27/h3-14,25,27H,15H2,1-2H3. The van der Waals surface area contributed by atoms with E-state index in [-0.39, 0.29) is 11.8 Å². The third-order valence-corrected chi connectivity index (χ3v) is 6.91. The summed E-state index contributed by atoms with van der Waals surface area (Å²) in [7, 11) is 0. The van der Waals surface area contributed by atoms with Gasteiger partial charge in [-0.2, -0.15) is 0 Å². The Morgan fingerprint density at radius 1 is 0.724 bits per heavy atom. The van der Waals surface area contributed by atoms with E-state index in [9.17, 15) is 4.79 Å². The molecule has 2 aliphatic rings. The Morgan fingerprint density at radius 2 is 1.48 bits per heavy atom. The molecule has 0 saturated carbocycles. The highest BCUT2D eigenvalue weighted by atomic mass is 16.1. The van der Waals surface area contributed by atoms with E-state index in [4.69, 9.17) is 0 Å². The summed E-state index contributed by atoms with van der Waals surface area (Å²) in [6.07, 6.45) is 0.910. The van der Waals surface area contributed by atoms with Gasteiger partial charge in [-0.3, -0.25) is 4.79 Å². The second-order valence-corrected chi connectivity index (χ2v) is 8.54. The normalized spacial score (nSPS) is 19.3. The average Bonchev–Trinajstić information content (AvgIpc) is 2.74. The summed E-state index contributed by atoms with van der Waals surface area (Å²) >= 11 is 0. The minimum absolute atomic E-state index is 0.169. The Labute approximate surface area is 171 Å². The molecule has 2 atom stereocenters. The molecule has 1 nitrogen and oxygen atoms in total. The smallest absolute Gasteiger partial charge is 0.156 e. The van der Waals surface area contributed by atoms with Crippen molar-refractivity contribution >= 4 is 16.6 Å². The van der Waals surface area contributed by atoms with Crippen molar-refractivity contribution in [2.24, 2.45) is 0 Å². The monoisotopic (exact) mass is 374 g/mol. The molecule has 0 fully saturated rings. The molecule has 6 rings (SSSR count). The zero-order chi connectivity index (χ0) is 19.7. The molecule has 0 spiro atoms. The summed E-state index contributed by atoms with van der Waals surface area (Å²) in [6, 6.07) is 25.6. The van der Waals surface area contributed by atoms with Crippen LogP contribution in [-0.2, 0) is 11.2 Å². The Balaban J connectivity index is 1.79. The molecule has 0 aliphatic heterocycles. The summed E-state index contributed by atoms with van der Waals surface area (Å²) in [4.78, 5) is 14.1. The van der Waals surface area contributed by atoms with Gasteiger partial charge < -0.3 is 0 Å². The van der Waals surface area contributed by atoms with Gasteiger partial charge in [0.25, 0.3) is 0 Å². The zero-order valence-corrected chi connectivity index (χ0v) is 16.7. The zero-order valence-electron chi connectivity index (χ0n) is 16.7. The second-order valence-electron chi connectivity index (χ2n) is 8.54. The van der Waals surface area contributed by atoms with Crippen LogP contribution in [0.25, 0.3) is 10.8 Å². The molecular weight excluding hydrogens is 352 g/mol. The van der Waals surface area contributed by atoms with Crippen molar-refractivity contribution in [3.05, 3.63) is 117 Å². The molecule has 1 heteroatoms. The second kappa shape index (κ2) is 5.90. The van der Waals surface area contributed by atoms with Crippen LogP contribution in [-0.4, -0.2) is 5.78 Å². The van der Waals surface area contributed by atoms with Crippen LogP contribution in [0.1, 0.15) is 56.3 Å². The first kappa shape index (κ1) is 16.7. The van der Waals surface area contributed by atoms with Gasteiger partial charge in [-0.25, -0.2) is 0 Å². The maximum atomic E-state index is 14.1. The Kier molecular flexibility index (Phi) is 3.41. The average molecular weight is 374 g/mol. The molecule has 2 unspecified atom stereocenters. The molecular formula is C28H22O. The molecule has 4 aromatic carbocycles. The van der Waals surface area contributed by atoms with Gasteiger partial charge in [-0.05, 0) is 75.5 Å². The number of carbonyl (C=O) groups excluding carboxylic acids is 1. The molecule has 0 N–H and O–H groups in total. The third-order valence-electron chi connectivity index (χ3n) is 6.91. The molecule has 0 amide bonds. The first-order valence-corrected chi connectivity index (χ1v) is 10.4. The Bertz CT molecular complexity index is 1300. The maximum absolute atomic E-state index is 14.1. The summed E-state index contributed by atoms with van der Waals surface area (Å²) in [5.74, 6) is -0.0627. The van der Waals surface area contributed by atoms with Crippen LogP contribution >= 0.6 is 0 Å². The molecule has 0 heterocycles. The van der Waals surface area contributed by atoms with Gasteiger partial charge in [0, 0.05) is 0 Å². The van der Waals surface area contributed by atoms with E-state index in [1.54, 1.807) is 0 Å². The summed E-state index contributed by atoms with van der Waals surface area (Å²) in [6.45, 7) is 4.36. The maximum Gasteiger partial charge on any atom is 0.156 e. The number of carbonyl (C=O) groups is 1. The molecule has 4 aromatic rings. The Morgan fingerprint density at radius 3 is 2.31 bits per heavy atom.